The van der Waals surface area contributed by atoms with E-state index in [1.807, 2.05) is 52.1 Å². The molecular weight excluding hydrogens is 360 g/mol. The first kappa shape index (κ1) is 19.3. The lowest BCUT2D eigenvalue weighted by atomic mass is 10.1. The van der Waals surface area contributed by atoms with Crippen LogP contribution in [0, 0.1) is 13.8 Å². The summed E-state index contributed by atoms with van der Waals surface area (Å²) >= 11 is 1.56. The average Bonchev–Trinajstić information content (AvgIpc) is 2.95. The molecule has 1 atom stereocenters. The summed E-state index contributed by atoms with van der Waals surface area (Å²) < 4.78 is 0. The van der Waals surface area contributed by atoms with Crippen LogP contribution in [0.2, 0.25) is 0 Å². The molecule has 2 heterocycles. The van der Waals surface area contributed by atoms with Gasteiger partial charge in [0.2, 0.25) is 0 Å². The average molecular weight is 385 g/mol. The zero-order valence-electron chi connectivity index (χ0n) is 16.2. The van der Waals surface area contributed by atoms with Crippen LogP contribution < -0.4 is 10.9 Å². The largest absolute Gasteiger partial charge is 0.355 e. The third-order valence-corrected chi connectivity index (χ3v) is 6.09. The quantitative estimate of drug-likeness (QED) is 0.708. The summed E-state index contributed by atoms with van der Waals surface area (Å²) in [5.74, 6) is 0.568. The van der Waals surface area contributed by atoms with E-state index in [-0.39, 0.29) is 17.5 Å². The van der Waals surface area contributed by atoms with E-state index in [2.05, 4.69) is 15.2 Å². The number of nitrogens with zero attached hydrogens (tertiary/aromatic N) is 2. The zero-order valence-corrected chi connectivity index (χ0v) is 17.0. The van der Waals surface area contributed by atoms with Crippen LogP contribution in [0.3, 0.4) is 0 Å². The van der Waals surface area contributed by atoms with E-state index in [1.165, 1.54) is 0 Å². The van der Waals surface area contributed by atoms with Gasteiger partial charge >= 0.3 is 0 Å². The van der Waals surface area contributed by atoms with E-state index in [0.29, 0.717) is 23.3 Å². The molecule has 3 aromatic rings. The number of H-pyrrole nitrogens is 1. The lowest BCUT2D eigenvalue weighted by molar-refractivity contribution is 0.0963. The third kappa shape index (κ3) is 3.79. The van der Waals surface area contributed by atoms with Crippen LogP contribution in [0.15, 0.2) is 29.1 Å². The van der Waals surface area contributed by atoms with Crippen LogP contribution in [-0.4, -0.2) is 34.9 Å². The maximum Gasteiger partial charge on any atom is 0.259 e. The van der Waals surface area contributed by atoms with Gasteiger partial charge in [-0.05, 0) is 51.1 Å². The minimum atomic E-state index is -0.0973. The Morgan fingerprint density at radius 1 is 1.30 bits per heavy atom. The lowest BCUT2D eigenvalue weighted by Crippen LogP contribution is -2.26. The molecule has 2 N–H and O–H groups in total. The van der Waals surface area contributed by atoms with Gasteiger partial charge in [-0.25, -0.2) is 4.98 Å². The number of thiophene rings is 1. The highest BCUT2D eigenvalue weighted by Crippen LogP contribution is 2.27. The highest BCUT2D eigenvalue weighted by Gasteiger charge is 2.18. The molecule has 0 aliphatic rings. The van der Waals surface area contributed by atoms with E-state index in [1.54, 1.807) is 18.4 Å². The monoisotopic (exact) mass is 384 g/mol. The van der Waals surface area contributed by atoms with Crippen LogP contribution in [0.5, 0.6) is 0 Å². The van der Waals surface area contributed by atoms with Crippen molar-refractivity contribution < 1.29 is 4.79 Å². The molecule has 0 saturated carbocycles. The van der Waals surface area contributed by atoms with Gasteiger partial charge in [-0.1, -0.05) is 12.1 Å². The van der Waals surface area contributed by atoms with Gasteiger partial charge in [0.25, 0.3) is 11.5 Å². The van der Waals surface area contributed by atoms with Gasteiger partial charge in [0, 0.05) is 24.0 Å². The van der Waals surface area contributed by atoms with E-state index in [0.717, 1.165) is 20.8 Å². The Balaban J connectivity index is 1.81. The number of benzene rings is 1. The highest BCUT2D eigenvalue weighted by molar-refractivity contribution is 7.18. The highest BCUT2D eigenvalue weighted by atomic mass is 32.1. The van der Waals surface area contributed by atoms with Crippen LogP contribution in [0.1, 0.15) is 45.2 Å². The van der Waals surface area contributed by atoms with Crippen molar-refractivity contribution in [2.24, 2.45) is 0 Å². The second-order valence-electron chi connectivity index (χ2n) is 6.78. The Kier molecular flexibility index (Phi) is 5.43. The summed E-state index contributed by atoms with van der Waals surface area (Å²) in [4.78, 5) is 35.8. The Labute approximate surface area is 162 Å². The molecule has 0 fully saturated rings. The Morgan fingerprint density at radius 3 is 2.59 bits per heavy atom. The van der Waals surface area contributed by atoms with E-state index < -0.39 is 0 Å². The third-order valence-electron chi connectivity index (χ3n) is 4.99. The summed E-state index contributed by atoms with van der Waals surface area (Å²) in [5, 5.41) is 3.31. The van der Waals surface area contributed by atoms with Crippen LogP contribution >= 0.6 is 11.3 Å². The SMILES string of the molecule is CNC(=O)c1ccc(CN(C)[C@H](C)c2nc3sc(C)c(C)c3c(=O)[nH]2)cc1. The number of aromatic nitrogens is 2. The molecule has 0 aliphatic carbocycles. The summed E-state index contributed by atoms with van der Waals surface area (Å²) in [5.41, 5.74) is 2.65. The lowest BCUT2D eigenvalue weighted by Gasteiger charge is -2.24. The number of carbonyl (C=O) groups is 1. The van der Waals surface area contributed by atoms with Gasteiger partial charge in [-0.3, -0.25) is 14.5 Å². The molecule has 7 heteroatoms. The molecule has 27 heavy (non-hydrogen) atoms. The summed E-state index contributed by atoms with van der Waals surface area (Å²) in [6.45, 7) is 6.68. The van der Waals surface area contributed by atoms with Crippen molar-refractivity contribution in [3.8, 4) is 0 Å². The molecule has 6 nitrogen and oxygen atoms in total. The fourth-order valence-electron chi connectivity index (χ4n) is 3.01. The summed E-state index contributed by atoms with van der Waals surface area (Å²) in [6, 6.07) is 7.47. The van der Waals surface area contributed by atoms with Gasteiger partial charge in [0.05, 0.1) is 11.4 Å². The fourth-order valence-corrected chi connectivity index (χ4v) is 4.05. The second-order valence-corrected chi connectivity index (χ2v) is 7.98. The van der Waals surface area contributed by atoms with Crippen LogP contribution in [0.4, 0.5) is 0 Å². The number of carbonyl (C=O) groups excluding carboxylic acids is 1. The molecule has 1 aromatic carbocycles. The van der Waals surface area contributed by atoms with Crippen molar-refractivity contribution in [3.63, 3.8) is 0 Å². The number of hydrogen-bond donors (Lipinski definition) is 2. The van der Waals surface area contributed by atoms with Crippen molar-refractivity contribution in [1.82, 2.24) is 20.2 Å². The van der Waals surface area contributed by atoms with Crippen molar-refractivity contribution >= 4 is 27.5 Å². The minimum Gasteiger partial charge on any atom is -0.355 e. The number of amides is 1. The second kappa shape index (κ2) is 7.62. The van der Waals surface area contributed by atoms with Crippen LogP contribution in [-0.2, 0) is 6.54 Å². The van der Waals surface area contributed by atoms with Crippen LogP contribution in [0.25, 0.3) is 10.2 Å². The first-order valence-corrected chi connectivity index (χ1v) is 9.64. The Hall–Kier alpha value is -2.51. The van der Waals surface area contributed by atoms with E-state index in [9.17, 15) is 9.59 Å². The van der Waals surface area contributed by atoms with E-state index in [4.69, 9.17) is 4.98 Å². The van der Waals surface area contributed by atoms with Gasteiger partial charge in [-0.2, -0.15) is 0 Å². The first-order valence-electron chi connectivity index (χ1n) is 8.83. The molecule has 3 rings (SSSR count). The molecule has 0 aliphatic heterocycles. The molecule has 0 radical (unpaired) electrons. The predicted molar refractivity (Wildman–Crippen MR) is 109 cm³/mol. The number of nitrogens with one attached hydrogen (secondary N) is 2. The molecule has 0 saturated heterocycles. The smallest absolute Gasteiger partial charge is 0.259 e. The van der Waals surface area contributed by atoms with Crippen molar-refractivity contribution in [2.45, 2.75) is 33.4 Å². The number of aryl methyl sites for hydroxylation is 2. The fraction of sp³-hybridized carbons (Fsp3) is 0.350. The molecule has 1 amide bonds. The summed E-state index contributed by atoms with van der Waals surface area (Å²) in [7, 11) is 3.61. The molecule has 0 unspecified atom stereocenters. The van der Waals surface area contributed by atoms with E-state index >= 15 is 0 Å². The van der Waals surface area contributed by atoms with Gasteiger partial charge in [0.1, 0.15) is 10.7 Å². The maximum absolute atomic E-state index is 12.5. The molecule has 2 aromatic heterocycles. The minimum absolute atomic E-state index is 0.0524. The molecule has 0 bridgehead atoms. The number of aromatic amines is 1. The van der Waals surface area contributed by atoms with Gasteiger partial charge in [-0.15, -0.1) is 11.3 Å². The molecular formula is C20H24N4O2S. The van der Waals surface area contributed by atoms with Gasteiger partial charge in [0.15, 0.2) is 0 Å². The number of rotatable bonds is 5. The maximum atomic E-state index is 12.5. The molecule has 142 valence electrons. The predicted octanol–water partition coefficient (Wildman–Crippen LogP) is 3.15. The first-order chi connectivity index (χ1) is 12.8. The Bertz CT molecular complexity index is 1040. The summed E-state index contributed by atoms with van der Waals surface area (Å²) in [6.07, 6.45) is 0. The number of hydrogen-bond acceptors (Lipinski definition) is 5. The Morgan fingerprint density at radius 2 is 1.96 bits per heavy atom. The normalized spacial score (nSPS) is 12.5. The van der Waals surface area contributed by atoms with Gasteiger partial charge < -0.3 is 10.3 Å². The number of fused-ring (bicyclic) bond motifs is 1. The topological polar surface area (TPSA) is 78.1 Å². The standard InChI is InChI=1S/C20H24N4O2S/c1-11-13(3)27-20-16(11)19(26)22-17(23-20)12(2)24(5)10-14-6-8-15(9-7-14)18(25)21-4/h6-9,12H,10H2,1-5H3,(H,21,25)(H,22,23,26)/t12-/m1/s1. The van der Waals surface area contributed by atoms with Crippen molar-refractivity contribution in [2.75, 3.05) is 14.1 Å². The van der Waals surface area contributed by atoms with Crippen molar-refractivity contribution in [3.05, 3.63) is 62.0 Å². The zero-order chi connectivity index (χ0) is 19.7. The van der Waals surface area contributed by atoms with Crippen molar-refractivity contribution in [1.29, 1.82) is 0 Å². The molecule has 0 spiro atoms.